The number of nitrogens with zero attached hydrogens (tertiary/aromatic N) is 5. The van der Waals surface area contributed by atoms with Gasteiger partial charge in [0.15, 0.2) is 5.76 Å². The molecule has 0 radical (unpaired) electrons. The summed E-state index contributed by atoms with van der Waals surface area (Å²) >= 11 is 1.72. The first kappa shape index (κ1) is 46.3. The Morgan fingerprint density at radius 2 is 1.22 bits per heavy atom. The number of likely N-dealkylation sites (tertiary alicyclic amines) is 2. The molecule has 4 aliphatic rings. The Morgan fingerprint density at radius 3 is 1.76 bits per heavy atom. The molecule has 2 amide bonds. The number of nitriles is 2. The van der Waals surface area contributed by atoms with E-state index in [1.807, 2.05) is 69.0 Å². The van der Waals surface area contributed by atoms with Gasteiger partial charge in [0.25, 0.3) is 0 Å². The van der Waals surface area contributed by atoms with Crippen LogP contribution in [0.5, 0.6) is 11.5 Å². The van der Waals surface area contributed by atoms with E-state index in [1.54, 1.807) is 34.6 Å². The highest BCUT2D eigenvalue weighted by Gasteiger charge is 2.49. The van der Waals surface area contributed by atoms with E-state index in [0.29, 0.717) is 78.9 Å². The van der Waals surface area contributed by atoms with Crippen LogP contribution in [0.3, 0.4) is 0 Å². The SMILES string of the molecule is CC(C)Oc1ccc(-c2ccc(-c3cccc4c3CCC43CC(=O)N(CCO)C3)s2)cc1C#N.CC(C)Oc1ccc(-c2ncc(-c3cccc4c3CCC43CC(=O)N(CCO)C3)o2)cc1C#N. The summed E-state index contributed by atoms with van der Waals surface area (Å²) in [6.07, 6.45) is 6.40. The van der Waals surface area contributed by atoms with Gasteiger partial charge in [0.05, 0.1) is 42.7 Å². The number of hydrogen-bond acceptors (Lipinski definition) is 11. The van der Waals surface area contributed by atoms with Gasteiger partial charge in [-0.1, -0.05) is 36.4 Å². The molecule has 348 valence electrons. The molecule has 2 fully saturated rings. The number of rotatable bonds is 12. The van der Waals surface area contributed by atoms with E-state index >= 15 is 0 Å². The number of benzene rings is 4. The molecule has 2 aromatic heterocycles. The lowest BCUT2D eigenvalue weighted by Crippen LogP contribution is -2.32. The van der Waals surface area contributed by atoms with Gasteiger partial charge in [-0.05, 0) is 135 Å². The average Bonchev–Trinajstić information content (AvgIpc) is 4.21. The Balaban J connectivity index is 0.000000170. The van der Waals surface area contributed by atoms with Crippen molar-refractivity contribution < 1.29 is 33.7 Å². The summed E-state index contributed by atoms with van der Waals surface area (Å²) in [6, 6.07) is 32.5. The Bertz CT molecular complexity index is 2780. The Hall–Kier alpha value is -6.77. The number of ether oxygens (including phenoxy) is 2. The van der Waals surface area contributed by atoms with Gasteiger partial charge in [-0.15, -0.1) is 11.3 Å². The monoisotopic (exact) mass is 929 g/mol. The van der Waals surface area contributed by atoms with Crippen LogP contribution in [0.4, 0.5) is 0 Å². The largest absolute Gasteiger partial charge is 0.490 e. The topological polar surface area (TPSA) is 173 Å². The third-order valence-corrected chi connectivity index (χ3v) is 14.9. The second-order valence-corrected chi connectivity index (χ2v) is 19.9. The molecule has 13 heteroatoms. The number of hydrogen-bond donors (Lipinski definition) is 2. The van der Waals surface area contributed by atoms with Gasteiger partial charge in [0.2, 0.25) is 17.7 Å². The number of thiophene rings is 1. The molecular weight excluding hydrogens is 875 g/mol. The highest BCUT2D eigenvalue weighted by Crippen LogP contribution is 2.51. The van der Waals surface area contributed by atoms with Crippen LogP contribution in [0.15, 0.2) is 95.5 Å². The molecule has 10 rings (SSSR count). The zero-order valence-corrected chi connectivity index (χ0v) is 39.7. The average molecular weight is 930 g/mol. The number of fused-ring (bicyclic) bond motifs is 4. The van der Waals surface area contributed by atoms with Crippen molar-refractivity contribution in [2.45, 2.75) is 89.3 Å². The molecule has 0 saturated carbocycles. The van der Waals surface area contributed by atoms with Crippen LogP contribution in [0.1, 0.15) is 86.8 Å². The molecule has 68 heavy (non-hydrogen) atoms. The van der Waals surface area contributed by atoms with Crippen molar-refractivity contribution in [3.8, 4) is 67.3 Å². The Morgan fingerprint density at radius 1 is 0.706 bits per heavy atom. The van der Waals surface area contributed by atoms with E-state index < -0.39 is 0 Å². The minimum Gasteiger partial charge on any atom is -0.490 e. The highest BCUT2D eigenvalue weighted by atomic mass is 32.1. The molecule has 6 aromatic rings. The minimum atomic E-state index is -0.200. The lowest BCUT2D eigenvalue weighted by molar-refractivity contribution is -0.128. The van der Waals surface area contributed by atoms with Gasteiger partial charge >= 0.3 is 0 Å². The zero-order chi connectivity index (χ0) is 47.7. The molecule has 2 aliphatic carbocycles. The molecule has 2 atom stereocenters. The molecule has 4 aromatic carbocycles. The highest BCUT2D eigenvalue weighted by molar-refractivity contribution is 7.18. The minimum absolute atomic E-state index is 0.00474. The van der Waals surface area contributed by atoms with Crippen LogP contribution in [-0.4, -0.2) is 88.4 Å². The van der Waals surface area contributed by atoms with Gasteiger partial charge in [-0.25, -0.2) is 4.98 Å². The number of β-amino-alcohol motifs (C(OH)–C–C–N with tert-alkyl or cyclic N) is 2. The number of oxazole rings is 1. The third kappa shape index (κ3) is 8.78. The van der Waals surface area contributed by atoms with Crippen molar-refractivity contribution in [3.63, 3.8) is 0 Å². The number of amides is 2. The van der Waals surface area contributed by atoms with E-state index in [4.69, 9.17) is 13.9 Å². The fourth-order valence-electron chi connectivity index (χ4n) is 10.7. The molecule has 0 bridgehead atoms. The predicted octanol–water partition coefficient (Wildman–Crippen LogP) is 9.23. The van der Waals surface area contributed by atoms with E-state index in [0.717, 1.165) is 41.7 Å². The Labute approximate surface area is 401 Å². The van der Waals surface area contributed by atoms with Gasteiger partial charge < -0.3 is 33.9 Å². The summed E-state index contributed by atoms with van der Waals surface area (Å²) in [6.45, 7) is 9.86. The molecule has 2 unspecified atom stereocenters. The summed E-state index contributed by atoms with van der Waals surface area (Å²) in [7, 11) is 0. The quantitative estimate of drug-likeness (QED) is 0.120. The second kappa shape index (κ2) is 19.1. The lowest BCUT2D eigenvalue weighted by atomic mass is 9.80. The van der Waals surface area contributed by atoms with E-state index in [2.05, 4.69) is 53.5 Å². The molecule has 12 nitrogen and oxygen atoms in total. The van der Waals surface area contributed by atoms with Gasteiger partial charge in [-0.2, -0.15) is 10.5 Å². The van der Waals surface area contributed by atoms with E-state index in [1.165, 1.54) is 32.7 Å². The van der Waals surface area contributed by atoms with Crippen molar-refractivity contribution in [1.82, 2.24) is 14.8 Å². The van der Waals surface area contributed by atoms with Crippen LogP contribution in [-0.2, 0) is 33.3 Å². The number of aliphatic hydroxyl groups excluding tert-OH is 2. The Kier molecular flexibility index (Phi) is 13.0. The lowest BCUT2D eigenvalue weighted by Gasteiger charge is -2.25. The van der Waals surface area contributed by atoms with E-state index in [-0.39, 0.29) is 48.1 Å². The van der Waals surface area contributed by atoms with Crippen LogP contribution < -0.4 is 9.47 Å². The van der Waals surface area contributed by atoms with Gasteiger partial charge in [0.1, 0.15) is 23.6 Å². The summed E-state index contributed by atoms with van der Waals surface area (Å²) in [4.78, 5) is 35.5. The van der Waals surface area contributed by atoms with Crippen LogP contribution in [0.25, 0.3) is 43.7 Å². The number of aromatic nitrogens is 1. The summed E-state index contributed by atoms with van der Waals surface area (Å²) in [5, 5.41) is 37.8. The summed E-state index contributed by atoms with van der Waals surface area (Å²) in [5.41, 5.74) is 9.61. The fraction of sp³-hybridized carbons (Fsp3) is 0.364. The maximum atomic E-state index is 12.6. The first-order valence-electron chi connectivity index (χ1n) is 23.4. The van der Waals surface area contributed by atoms with Crippen molar-refractivity contribution >= 4 is 23.2 Å². The van der Waals surface area contributed by atoms with Crippen LogP contribution in [0, 0.1) is 22.7 Å². The molecule has 2 N–H and O–H groups in total. The van der Waals surface area contributed by atoms with Crippen molar-refractivity contribution in [2.24, 2.45) is 0 Å². The summed E-state index contributed by atoms with van der Waals surface area (Å²) < 4.78 is 17.6. The number of aliphatic hydroxyl groups is 2. The maximum Gasteiger partial charge on any atom is 0.226 e. The molecule has 2 aliphatic heterocycles. The van der Waals surface area contributed by atoms with Crippen molar-refractivity contribution in [1.29, 1.82) is 10.5 Å². The van der Waals surface area contributed by atoms with E-state index in [9.17, 15) is 30.3 Å². The number of carbonyl (C=O) groups excluding carboxylic acids is 2. The first-order valence-corrected chi connectivity index (χ1v) is 24.2. The second-order valence-electron chi connectivity index (χ2n) is 18.8. The number of carbonyl (C=O) groups is 2. The molecular formula is C55H55N5O7S. The maximum absolute atomic E-state index is 12.6. The predicted molar refractivity (Wildman–Crippen MR) is 260 cm³/mol. The zero-order valence-electron chi connectivity index (χ0n) is 38.9. The smallest absolute Gasteiger partial charge is 0.226 e. The fourth-order valence-corrected chi connectivity index (χ4v) is 11.8. The van der Waals surface area contributed by atoms with Gasteiger partial charge in [0, 0.05) is 70.7 Å². The van der Waals surface area contributed by atoms with Crippen LogP contribution in [0.2, 0.25) is 0 Å². The normalized spacial score (nSPS) is 19.1. The first-order chi connectivity index (χ1) is 32.9. The standard InChI is InChI=1S/C28H28N2O3S.C27H27N3O4/c1-18(2)33-24-7-6-19(14-20(24)16-29)25-8-9-26(34-25)22-4-3-5-23-21(22)10-11-28(23)15-27(32)30(17-28)12-13-31;1-17(2)33-23-7-6-18(12-19(23)14-28)26-29-15-24(34-26)21-4-3-5-22-20(21)8-9-27(22)13-25(32)30(16-27)10-11-31/h3-9,14,18,31H,10-13,15,17H2,1-2H3;3-7,12,15,17,31H,8-11,13,16H2,1-2H3. The molecule has 4 heterocycles. The third-order valence-electron chi connectivity index (χ3n) is 13.7. The molecule has 2 saturated heterocycles. The molecule has 2 spiro atoms. The summed E-state index contributed by atoms with van der Waals surface area (Å²) in [5.74, 6) is 2.52. The van der Waals surface area contributed by atoms with Gasteiger partial charge in [-0.3, -0.25) is 9.59 Å². The van der Waals surface area contributed by atoms with Crippen molar-refractivity contribution in [2.75, 3.05) is 39.4 Å². The van der Waals surface area contributed by atoms with Crippen LogP contribution >= 0.6 is 11.3 Å². The van der Waals surface area contributed by atoms with Crippen molar-refractivity contribution in [3.05, 3.63) is 125 Å².